The summed E-state index contributed by atoms with van der Waals surface area (Å²) in [5, 5.41) is 20.2. The Kier molecular flexibility index (Phi) is 6.35. The Bertz CT molecular complexity index is 1260. The molecule has 4 aromatic rings. The fourth-order valence-electron chi connectivity index (χ4n) is 2.88. The van der Waals surface area contributed by atoms with Crippen LogP contribution < -0.4 is 10.6 Å². The molecular formula is C20H17Cl2N7O3. The molecule has 12 heteroatoms. The molecule has 0 bridgehead atoms. The highest BCUT2D eigenvalue weighted by molar-refractivity contribution is 6.32. The SMILES string of the molecule is Cn1nccc1Nc1ncc(Cl)c(-c2coc(C(=O)N[C@H](CO)c3cccc(Cl)c3)n2)n1. The van der Waals surface area contributed by atoms with Gasteiger partial charge >= 0.3 is 5.91 Å². The van der Waals surface area contributed by atoms with Gasteiger partial charge in [-0.05, 0) is 17.7 Å². The zero-order chi connectivity index (χ0) is 22.7. The molecule has 32 heavy (non-hydrogen) atoms. The lowest BCUT2D eigenvalue weighted by molar-refractivity contribution is 0.0881. The van der Waals surface area contributed by atoms with Crippen LogP contribution in [-0.4, -0.2) is 42.4 Å². The van der Waals surface area contributed by atoms with Crippen molar-refractivity contribution in [2.24, 2.45) is 7.05 Å². The Hall–Kier alpha value is -3.47. The fraction of sp³-hybridized carbons (Fsp3) is 0.150. The van der Waals surface area contributed by atoms with E-state index in [0.717, 1.165) is 0 Å². The third-order valence-corrected chi connectivity index (χ3v) is 5.00. The molecule has 0 saturated heterocycles. The van der Waals surface area contributed by atoms with Crippen molar-refractivity contribution in [1.29, 1.82) is 0 Å². The summed E-state index contributed by atoms with van der Waals surface area (Å²) in [6, 6.07) is 7.89. The molecule has 0 unspecified atom stereocenters. The minimum Gasteiger partial charge on any atom is -0.440 e. The average molecular weight is 474 g/mol. The van der Waals surface area contributed by atoms with Crippen molar-refractivity contribution >= 4 is 40.9 Å². The number of halogens is 2. The molecule has 164 valence electrons. The molecule has 0 saturated carbocycles. The molecule has 0 fully saturated rings. The van der Waals surface area contributed by atoms with Gasteiger partial charge < -0.3 is 20.2 Å². The number of hydrogen-bond donors (Lipinski definition) is 3. The molecule has 3 heterocycles. The first-order valence-corrected chi connectivity index (χ1v) is 10.1. The number of oxazole rings is 1. The lowest BCUT2D eigenvalue weighted by atomic mass is 10.1. The second kappa shape index (κ2) is 9.35. The monoisotopic (exact) mass is 473 g/mol. The van der Waals surface area contributed by atoms with Crippen LogP contribution in [0.25, 0.3) is 11.4 Å². The van der Waals surface area contributed by atoms with Gasteiger partial charge in [0.05, 0.1) is 30.1 Å². The highest BCUT2D eigenvalue weighted by Crippen LogP contribution is 2.27. The summed E-state index contributed by atoms with van der Waals surface area (Å²) in [6.07, 6.45) is 4.31. The first-order chi connectivity index (χ1) is 15.4. The first-order valence-electron chi connectivity index (χ1n) is 9.35. The number of carbonyl (C=O) groups excluding carboxylic acids is 1. The van der Waals surface area contributed by atoms with Gasteiger partial charge in [0.2, 0.25) is 5.95 Å². The van der Waals surface area contributed by atoms with E-state index in [-0.39, 0.29) is 34.9 Å². The third-order valence-electron chi connectivity index (χ3n) is 4.48. The third kappa shape index (κ3) is 4.72. The Morgan fingerprint density at radius 3 is 2.84 bits per heavy atom. The van der Waals surface area contributed by atoms with Crippen molar-refractivity contribution in [3.8, 4) is 11.4 Å². The normalized spacial score (nSPS) is 11.9. The van der Waals surface area contributed by atoms with Crippen molar-refractivity contribution < 1.29 is 14.3 Å². The second-order valence-corrected chi connectivity index (χ2v) is 7.50. The van der Waals surface area contributed by atoms with E-state index >= 15 is 0 Å². The van der Waals surface area contributed by atoms with Gasteiger partial charge in [-0.25, -0.2) is 15.0 Å². The van der Waals surface area contributed by atoms with Crippen molar-refractivity contribution in [2.45, 2.75) is 6.04 Å². The molecule has 1 atom stereocenters. The van der Waals surface area contributed by atoms with Crippen LogP contribution in [0.3, 0.4) is 0 Å². The van der Waals surface area contributed by atoms with Gasteiger partial charge in [-0.2, -0.15) is 5.10 Å². The van der Waals surface area contributed by atoms with E-state index in [9.17, 15) is 9.90 Å². The molecule has 10 nitrogen and oxygen atoms in total. The molecule has 1 aromatic carbocycles. The number of aryl methyl sites for hydroxylation is 1. The van der Waals surface area contributed by atoms with Crippen molar-refractivity contribution in [1.82, 2.24) is 30.0 Å². The minimum atomic E-state index is -0.686. The Labute approximate surface area is 192 Å². The molecule has 0 spiro atoms. The number of carbonyl (C=O) groups is 1. The quantitative estimate of drug-likeness (QED) is 0.372. The highest BCUT2D eigenvalue weighted by atomic mass is 35.5. The Balaban J connectivity index is 1.53. The van der Waals surface area contributed by atoms with Crippen LogP contribution in [0.5, 0.6) is 0 Å². The molecule has 3 N–H and O–H groups in total. The van der Waals surface area contributed by atoms with Gasteiger partial charge in [0.1, 0.15) is 23.5 Å². The molecule has 0 aliphatic rings. The van der Waals surface area contributed by atoms with Crippen LogP contribution in [0.1, 0.15) is 22.3 Å². The van der Waals surface area contributed by atoms with Crippen molar-refractivity contribution in [2.75, 3.05) is 11.9 Å². The summed E-state index contributed by atoms with van der Waals surface area (Å²) in [5.41, 5.74) is 1.17. The number of hydrogen-bond acceptors (Lipinski definition) is 8. The van der Waals surface area contributed by atoms with Gasteiger partial charge in [0.25, 0.3) is 5.89 Å². The molecule has 1 amide bonds. The zero-order valence-electron chi connectivity index (χ0n) is 16.7. The van der Waals surface area contributed by atoms with Crippen LogP contribution in [-0.2, 0) is 7.05 Å². The summed E-state index contributed by atoms with van der Waals surface area (Å²) in [7, 11) is 1.77. The van der Waals surface area contributed by atoms with Crippen LogP contribution >= 0.6 is 23.2 Å². The predicted molar refractivity (Wildman–Crippen MR) is 118 cm³/mol. The van der Waals surface area contributed by atoms with Crippen LogP contribution in [0.4, 0.5) is 11.8 Å². The van der Waals surface area contributed by atoms with Crippen LogP contribution in [0, 0.1) is 0 Å². The van der Waals surface area contributed by atoms with E-state index in [1.54, 1.807) is 48.3 Å². The average Bonchev–Trinajstić information content (AvgIpc) is 3.43. The number of anilines is 2. The van der Waals surface area contributed by atoms with Crippen LogP contribution in [0.2, 0.25) is 10.0 Å². The summed E-state index contributed by atoms with van der Waals surface area (Å²) >= 11 is 12.2. The van der Waals surface area contributed by atoms with Gasteiger partial charge in [0.15, 0.2) is 0 Å². The molecule has 0 radical (unpaired) electrons. The summed E-state index contributed by atoms with van der Waals surface area (Å²) in [6.45, 7) is -0.333. The predicted octanol–water partition coefficient (Wildman–Crippen LogP) is 3.38. The standard InChI is InChI=1S/C20H17Cl2N7O3/c1-29-16(5-6-24-29)27-20-23-8-13(22)17(28-20)15-10-32-19(26-15)18(31)25-14(9-30)11-3-2-4-12(21)7-11/h2-8,10,14,30H,9H2,1H3,(H,25,31)(H,23,27,28)/t14-/m1/s1. The lowest BCUT2D eigenvalue weighted by Crippen LogP contribution is -2.31. The first kappa shape index (κ1) is 21.8. The second-order valence-electron chi connectivity index (χ2n) is 6.66. The molecule has 0 aliphatic heterocycles. The van der Waals surface area contributed by atoms with Gasteiger partial charge in [-0.15, -0.1) is 0 Å². The molecule has 0 aliphatic carbocycles. The number of aliphatic hydroxyl groups excluding tert-OH is 1. The van der Waals surface area contributed by atoms with E-state index in [4.69, 9.17) is 27.6 Å². The van der Waals surface area contributed by atoms with E-state index in [1.807, 2.05) is 0 Å². The fourth-order valence-corrected chi connectivity index (χ4v) is 3.27. The van der Waals surface area contributed by atoms with Gasteiger partial charge in [-0.1, -0.05) is 35.3 Å². The summed E-state index contributed by atoms with van der Waals surface area (Å²) < 4.78 is 6.94. The smallest absolute Gasteiger partial charge is 0.307 e. The number of benzene rings is 1. The topological polar surface area (TPSA) is 131 Å². The Morgan fingerprint density at radius 1 is 1.28 bits per heavy atom. The van der Waals surface area contributed by atoms with Crippen LogP contribution in [0.15, 0.2) is 53.4 Å². The maximum Gasteiger partial charge on any atom is 0.307 e. The van der Waals surface area contributed by atoms with E-state index in [0.29, 0.717) is 16.4 Å². The minimum absolute atomic E-state index is 0.212. The number of aromatic nitrogens is 5. The van der Waals surface area contributed by atoms with E-state index in [1.165, 1.54) is 12.5 Å². The van der Waals surface area contributed by atoms with Gasteiger partial charge in [-0.3, -0.25) is 9.48 Å². The summed E-state index contributed by atoms with van der Waals surface area (Å²) in [4.78, 5) is 25.3. The highest BCUT2D eigenvalue weighted by Gasteiger charge is 2.21. The zero-order valence-corrected chi connectivity index (χ0v) is 18.2. The van der Waals surface area contributed by atoms with E-state index < -0.39 is 11.9 Å². The number of nitrogens with zero attached hydrogens (tertiary/aromatic N) is 5. The van der Waals surface area contributed by atoms with Crippen molar-refractivity contribution in [3.05, 3.63) is 70.5 Å². The van der Waals surface area contributed by atoms with Crippen molar-refractivity contribution in [3.63, 3.8) is 0 Å². The maximum atomic E-state index is 12.6. The largest absolute Gasteiger partial charge is 0.440 e. The number of aliphatic hydroxyl groups is 1. The number of nitrogens with one attached hydrogen (secondary N) is 2. The van der Waals surface area contributed by atoms with E-state index in [2.05, 4.69) is 30.7 Å². The Morgan fingerprint density at radius 2 is 2.12 bits per heavy atom. The summed E-state index contributed by atoms with van der Waals surface area (Å²) in [5.74, 6) is 0.114. The molecule has 4 rings (SSSR count). The molecular weight excluding hydrogens is 457 g/mol. The maximum absolute atomic E-state index is 12.6. The lowest BCUT2D eigenvalue weighted by Gasteiger charge is -2.15. The number of rotatable bonds is 7. The number of amides is 1. The molecule has 3 aromatic heterocycles. The van der Waals surface area contributed by atoms with Gasteiger partial charge in [0, 0.05) is 18.1 Å².